The zero-order valence-electron chi connectivity index (χ0n) is 9.45. The van der Waals surface area contributed by atoms with Gasteiger partial charge in [-0.05, 0) is 29.2 Å². The molecule has 90 valence electrons. The molecule has 0 radical (unpaired) electrons. The van der Waals surface area contributed by atoms with E-state index in [0.717, 1.165) is 18.8 Å². The lowest BCUT2D eigenvalue weighted by molar-refractivity contribution is 0.504. The third-order valence-electron chi connectivity index (χ3n) is 3.37. The molecule has 2 aromatic heterocycles. The Morgan fingerprint density at radius 1 is 1.41 bits per heavy atom. The summed E-state index contributed by atoms with van der Waals surface area (Å²) in [6.07, 6.45) is 6.89. The summed E-state index contributed by atoms with van der Waals surface area (Å²) in [4.78, 5) is 4.09. The third-order valence-corrected chi connectivity index (χ3v) is 3.37. The molecule has 0 saturated heterocycles. The van der Waals surface area contributed by atoms with Gasteiger partial charge in [0.05, 0.1) is 12.4 Å². The number of hydrogen-bond donors (Lipinski definition) is 2. The Balaban J connectivity index is 1.74. The standard InChI is InChI=1S/C10H15N7/c11-8-3-1-2-7(8)4-13-9-5-12-6-10-14-15-16-17(9)10/h5-8,13H,1-4,11H2. The van der Waals surface area contributed by atoms with Crippen LogP contribution in [0.3, 0.4) is 0 Å². The van der Waals surface area contributed by atoms with Gasteiger partial charge in [-0.3, -0.25) is 4.98 Å². The molecule has 0 amide bonds. The Hall–Kier alpha value is -1.76. The molecule has 2 atom stereocenters. The Kier molecular flexibility index (Phi) is 2.60. The summed E-state index contributed by atoms with van der Waals surface area (Å²) in [5.74, 6) is 1.34. The van der Waals surface area contributed by atoms with E-state index in [0.29, 0.717) is 17.6 Å². The number of hydrogen-bond acceptors (Lipinski definition) is 6. The van der Waals surface area contributed by atoms with Gasteiger partial charge in [-0.25, -0.2) is 0 Å². The predicted molar refractivity (Wildman–Crippen MR) is 62.4 cm³/mol. The molecule has 0 aliphatic heterocycles. The minimum absolute atomic E-state index is 0.309. The summed E-state index contributed by atoms with van der Waals surface area (Å²) in [5.41, 5.74) is 6.68. The summed E-state index contributed by atoms with van der Waals surface area (Å²) < 4.78 is 1.65. The zero-order chi connectivity index (χ0) is 11.7. The average Bonchev–Trinajstić information content (AvgIpc) is 2.95. The summed E-state index contributed by atoms with van der Waals surface area (Å²) >= 11 is 0. The first kappa shape index (κ1) is 10.4. The lowest BCUT2D eigenvalue weighted by atomic mass is 10.1. The van der Waals surface area contributed by atoms with E-state index in [2.05, 4.69) is 25.8 Å². The Morgan fingerprint density at radius 2 is 2.35 bits per heavy atom. The van der Waals surface area contributed by atoms with Crippen LogP contribution in [0.15, 0.2) is 12.4 Å². The molecule has 1 aliphatic carbocycles. The van der Waals surface area contributed by atoms with Crippen molar-refractivity contribution in [2.45, 2.75) is 25.3 Å². The van der Waals surface area contributed by atoms with Gasteiger partial charge in [0, 0.05) is 12.6 Å². The van der Waals surface area contributed by atoms with Crippen LogP contribution >= 0.6 is 0 Å². The van der Waals surface area contributed by atoms with Gasteiger partial charge in [-0.15, -0.1) is 5.10 Å². The van der Waals surface area contributed by atoms with E-state index >= 15 is 0 Å². The molecule has 0 spiro atoms. The maximum absolute atomic E-state index is 6.03. The van der Waals surface area contributed by atoms with Crippen LogP contribution in [0.5, 0.6) is 0 Å². The summed E-state index contributed by atoms with van der Waals surface area (Å²) in [6.45, 7) is 0.849. The zero-order valence-corrected chi connectivity index (χ0v) is 9.45. The second-order valence-electron chi connectivity index (χ2n) is 4.48. The maximum atomic E-state index is 6.03. The van der Waals surface area contributed by atoms with Crippen LogP contribution in [-0.4, -0.2) is 37.6 Å². The largest absolute Gasteiger partial charge is 0.368 e. The highest BCUT2D eigenvalue weighted by atomic mass is 15.5. The number of aromatic nitrogens is 5. The molecule has 1 fully saturated rings. The predicted octanol–water partition coefficient (Wildman–Crippen LogP) is 0.0586. The Morgan fingerprint density at radius 3 is 3.18 bits per heavy atom. The topological polar surface area (TPSA) is 94.0 Å². The molecule has 2 aromatic rings. The van der Waals surface area contributed by atoms with Crippen molar-refractivity contribution in [2.75, 3.05) is 11.9 Å². The summed E-state index contributed by atoms with van der Waals surface area (Å²) in [5, 5.41) is 14.7. The van der Waals surface area contributed by atoms with E-state index in [1.165, 1.54) is 12.8 Å². The quantitative estimate of drug-likeness (QED) is 0.778. The Labute approximate surface area is 98.4 Å². The van der Waals surface area contributed by atoms with Gasteiger partial charge in [0.2, 0.25) is 0 Å². The number of nitrogens with zero attached hydrogens (tertiary/aromatic N) is 5. The van der Waals surface area contributed by atoms with E-state index in [4.69, 9.17) is 5.73 Å². The second kappa shape index (κ2) is 4.25. The van der Waals surface area contributed by atoms with Gasteiger partial charge in [0.1, 0.15) is 5.82 Å². The van der Waals surface area contributed by atoms with E-state index in [1.807, 2.05) is 0 Å². The van der Waals surface area contributed by atoms with Gasteiger partial charge < -0.3 is 11.1 Å². The molecule has 1 saturated carbocycles. The van der Waals surface area contributed by atoms with Crippen LogP contribution in [0, 0.1) is 5.92 Å². The van der Waals surface area contributed by atoms with E-state index in [9.17, 15) is 0 Å². The average molecular weight is 233 g/mol. The van der Waals surface area contributed by atoms with Crippen molar-refractivity contribution in [3.8, 4) is 0 Å². The maximum Gasteiger partial charge on any atom is 0.199 e. The highest BCUT2D eigenvalue weighted by molar-refractivity contribution is 5.43. The number of anilines is 1. The minimum Gasteiger partial charge on any atom is -0.368 e. The SMILES string of the molecule is NC1CCCC1CNc1cncc2nnnn12. The number of fused-ring (bicyclic) bond motifs is 1. The van der Waals surface area contributed by atoms with Crippen LogP contribution in [0.25, 0.3) is 5.65 Å². The number of tetrazole rings is 1. The fourth-order valence-corrected chi connectivity index (χ4v) is 2.35. The molecular formula is C10H15N7. The first-order valence-corrected chi connectivity index (χ1v) is 5.86. The monoisotopic (exact) mass is 233 g/mol. The molecule has 1 aliphatic rings. The fourth-order valence-electron chi connectivity index (χ4n) is 2.35. The van der Waals surface area contributed by atoms with Crippen molar-refractivity contribution in [2.24, 2.45) is 11.7 Å². The van der Waals surface area contributed by atoms with Gasteiger partial charge in [0.25, 0.3) is 0 Å². The molecule has 0 aromatic carbocycles. The van der Waals surface area contributed by atoms with E-state index < -0.39 is 0 Å². The van der Waals surface area contributed by atoms with Gasteiger partial charge in [0.15, 0.2) is 5.65 Å². The van der Waals surface area contributed by atoms with Gasteiger partial charge >= 0.3 is 0 Å². The van der Waals surface area contributed by atoms with Crippen LogP contribution in [0.4, 0.5) is 5.82 Å². The highest BCUT2D eigenvalue weighted by Crippen LogP contribution is 2.24. The van der Waals surface area contributed by atoms with Crippen LogP contribution in [0.1, 0.15) is 19.3 Å². The molecule has 0 bridgehead atoms. The van der Waals surface area contributed by atoms with Gasteiger partial charge in [-0.2, -0.15) is 4.52 Å². The molecular weight excluding hydrogens is 218 g/mol. The molecule has 7 heteroatoms. The van der Waals surface area contributed by atoms with Crippen molar-refractivity contribution in [1.29, 1.82) is 0 Å². The molecule has 3 rings (SSSR count). The van der Waals surface area contributed by atoms with Crippen molar-refractivity contribution < 1.29 is 0 Å². The smallest absolute Gasteiger partial charge is 0.199 e. The van der Waals surface area contributed by atoms with Crippen molar-refractivity contribution in [3.63, 3.8) is 0 Å². The highest BCUT2D eigenvalue weighted by Gasteiger charge is 2.23. The van der Waals surface area contributed by atoms with E-state index in [-0.39, 0.29) is 0 Å². The van der Waals surface area contributed by atoms with Crippen LogP contribution in [-0.2, 0) is 0 Å². The third kappa shape index (κ3) is 1.93. The first-order chi connectivity index (χ1) is 8.34. The fraction of sp³-hybridized carbons (Fsp3) is 0.600. The lowest BCUT2D eigenvalue weighted by Gasteiger charge is -2.16. The molecule has 7 nitrogen and oxygen atoms in total. The molecule has 3 N–H and O–H groups in total. The summed E-state index contributed by atoms with van der Waals surface area (Å²) in [7, 11) is 0. The van der Waals surface area contributed by atoms with Crippen molar-refractivity contribution >= 4 is 11.5 Å². The number of nitrogens with two attached hydrogens (primary N) is 1. The lowest BCUT2D eigenvalue weighted by Crippen LogP contribution is -2.30. The molecule has 2 unspecified atom stereocenters. The number of rotatable bonds is 3. The normalized spacial score (nSPS) is 24.3. The first-order valence-electron chi connectivity index (χ1n) is 5.86. The van der Waals surface area contributed by atoms with E-state index in [1.54, 1.807) is 16.9 Å². The van der Waals surface area contributed by atoms with Crippen LogP contribution < -0.4 is 11.1 Å². The summed E-state index contributed by atoms with van der Waals surface area (Å²) in [6, 6.07) is 0.309. The van der Waals surface area contributed by atoms with Crippen molar-refractivity contribution in [1.82, 2.24) is 25.0 Å². The van der Waals surface area contributed by atoms with Crippen molar-refractivity contribution in [3.05, 3.63) is 12.4 Å². The number of nitrogens with one attached hydrogen (secondary N) is 1. The second-order valence-corrected chi connectivity index (χ2v) is 4.48. The minimum atomic E-state index is 0.309. The molecule has 2 heterocycles. The van der Waals surface area contributed by atoms with Gasteiger partial charge in [-0.1, -0.05) is 6.42 Å². The van der Waals surface area contributed by atoms with Crippen LogP contribution in [0.2, 0.25) is 0 Å². The Bertz CT molecular complexity index is 508. The molecule has 17 heavy (non-hydrogen) atoms.